The number of hydrogen-bond donors (Lipinski definition) is 1. The Morgan fingerprint density at radius 2 is 1.50 bits per heavy atom. The number of carbonyl (C=O) groups is 2. The van der Waals surface area contributed by atoms with Gasteiger partial charge < -0.3 is 28.9 Å². The Kier molecular flexibility index (Phi) is 9.05. The lowest BCUT2D eigenvalue weighted by Gasteiger charge is -2.47. The smallest absolute Gasteiger partial charge is 0.472 e. The lowest BCUT2D eigenvalue weighted by molar-refractivity contribution is -0.150. The van der Waals surface area contributed by atoms with Crippen LogP contribution in [0.3, 0.4) is 0 Å². The number of rotatable bonds is 9. The first-order chi connectivity index (χ1) is 22.7. The average molecular weight is 679 g/mol. The maximum absolute atomic E-state index is 13.5. The third kappa shape index (κ3) is 6.41. The van der Waals surface area contributed by atoms with Crippen molar-refractivity contribution in [3.8, 4) is 17.6 Å². The van der Waals surface area contributed by atoms with Crippen LogP contribution in [0.4, 0.5) is 5.69 Å². The zero-order valence-corrected chi connectivity index (χ0v) is 28.3. The Hall–Kier alpha value is -3.97. The first kappa shape index (κ1) is 33.9. The summed E-state index contributed by atoms with van der Waals surface area (Å²) in [4.78, 5) is 43.8. The van der Waals surface area contributed by atoms with Crippen molar-refractivity contribution in [1.29, 1.82) is 5.26 Å². The van der Waals surface area contributed by atoms with Gasteiger partial charge in [0.05, 0.1) is 43.5 Å². The van der Waals surface area contributed by atoms with Gasteiger partial charge in [0.2, 0.25) is 11.8 Å². The zero-order chi connectivity index (χ0) is 34.4. The number of benzene rings is 2. The van der Waals surface area contributed by atoms with E-state index in [2.05, 4.69) is 10.9 Å². The average Bonchev–Trinajstić information content (AvgIpc) is 3.66. The van der Waals surface area contributed by atoms with E-state index in [4.69, 9.17) is 29.8 Å². The molecule has 0 saturated carbocycles. The molecular weight excluding hydrogens is 639 g/mol. The van der Waals surface area contributed by atoms with Gasteiger partial charge in [-0.15, -0.1) is 0 Å². The van der Waals surface area contributed by atoms with Crippen molar-refractivity contribution < 1.29 is 42.3 Å². The summed E-state index contributed by atoms with van der Waals surface area (Å²) in [7, 11) is -4.77. The van der Waals surface area contributed by atoms with Crippen LogP contribution in [0.15, 0.2) is 36.4 Å². The second-order valence-electron chi connectivity index (χ2n) is 13.5. The van der Waals surface area contributed by atoms with Crippen LogP contribution in [-0.4, -0.2) is 76.2 Å². The molecule has 4 aliphatic heterocycles. The fraction of sp³-hybridized carbons (Fsp3) is 0.529. The number of hydrogen-bond acceptors (Lipinski definition) is 9. The van der Waals surface area contributed by atoms with Gasteiger partial charge in [0.1, 0.15) is 34.9 Å². The molecule has 1 unspecified atom stereocenters. The van der Waals surface area contributed by atoms with Gasteiger partial charge in [-0.05, 0) is 70.9 Å². The monoisotopic (exact) mass is 678 g/mol. The van der Waals surface area contributed by atoms with Crippen LogP contribution in [0.5, 0.6) is 11.5 Å². The van der Waals surface area contributed by atoms with Crippen LogP contribution >= 0.6 is 7.82 Å². The van der Waals surface area contributed by atoms with Crippen LogP contribution in [0.2, 0.25) is 0 Å². The fourth-order valence-electron chi connectivity index (χ4n) is 7.21. The lowest BCUT2D eigenvalue weighted by Crippen LogP contribution is -2.55. The molecule has 254 valence electrons. The predicted molar refractivity (Wildman–Crippen MR) is 171 cm³/mol. The maximum atomic E-state index is 13.5. The van der Waals surface area contributed by atoms with Crippen molar-refractivity contribution in [2.24, 2.45) is 0 Å². The van der Waals surface area contributed by atoms with E-state index >= 15 is 0 Å². The molecule has 48 heavy (non-hydrogen) atoms. The molecule has 6 rings (SSSR count). The highest BCUT2D eigenvalue weighted by molar-refractivity contribution is 7.47. The van der Waals surface area contributed by atoms with Crippen molar-refractivity contribution in [2.45, 2.75) is 88.9 Å². The minimum absolute atomic E-state index is 0.0261. The molecular formula is C34H39N4O9P. The number of phosphoric ester groups is 1. The Labute approximate surface area is 279 Å². The van der Waals surface area contributed by atoms with E-state index in [9.17, 15) is 24.3 Å². The highest BCUT2D eigenvalue weighted by Crippen LogP contribution is 2.54. The molecule has 14 heteroatoms. The third-order valence-corrected chi connectivity index (χ3v) is 10.4. The molecule has 5 atom stereocenters. The SMILES string of the molecule is [C-]#[N+]c1ccc2c(c1)[C@@H](N1CCCC1=O)[C@H](OCCOP(=O)(O)O[C@H]1[C@H](N3CCCC3=O)c3cc(C#N)ccc3OC1(C)C)C(C)(C)O2. The predicted octanol–water partition coefficient (Wildman–Crippen LogP) is 5.37. The van der Waals surface area contributed by atoms with E-state index in [1.165, 1.54) is 0 Å². The molecule has 0 aromatic heterocycles. The van der Waals surface area contributed by atoms with Crippen LogP contribution in [0, 0.1) is 17.9 Å². The number of amides is 2. The summed E-state index contributed by atoms with van der Waals surface area (Å²) in [5, 5.41) is 9.55. The fourth-order valence-corrected chi connectivity index (χ4v) is 8.23. The Morgan fingerprint density at radius 1 is 0.938 bits per heavy atom. The van der Waals surface area contributed by atoms with Gasteiger partial charge in [-0.2, -0.15) is 5.26 Å². The van der Waals surface area contributed by atoms with Gasteiger partial charge >= 0.3 is 7.82 Å². The maximum Gasteiger partial charge on any atom is 0.472 e. The van der Waals surface area contributed by atoms with Crippen molar-refractivity contribution >= 4 is 25.3 Å². The quantitative estimate of drug-likeness (QED) is 0.208. The highest BCUT2D eigenvalue weighted by atomic mass is 31.2. The Morgan fingerprint density at radius 3 is 2.06 bits per heavy atom. The summed E-state index contributed by atoms with van der Waals surface area (Å²) in [5.41, 5.74) is -0.131. The molecule has 2 aromatic carbocycles. The number of fused-ring (bicyclic) bond motifs is 2. The van der Waals surface area contributed by atoms with Crippen LogP contribution < -0.4 is 9.47 Å². The van der Waals surface area contributed by atoms with Crippen molar-refractivity contribution in [2.75, 3.05) is 26.3 Å². The first-order valence-corrected chi connectivity index (χ1v) is 17.5. The second-order valence-corrected chi connectivity index (χ2v) is 14.9. The summed E-state index contributed by atoms with van der Waals surface area (Å²) < 4.78 is 43.6. The van der Waals surface area contributed by atoms with Gasteiger partial charge in [0.15, 0.2) is 5.69 Å². The van der Waals surface area contributed by atoms with E-state index in [-0.39, 0.29) is 25.0 Å². The van der Waals surface area contributed by atoms with E-state index in [0.717, 1.165) is 0 Å². The van der Waals surface area contributed by atoms with E-state index < -0.39 is 43.3 Å². The summed E-state index contributed by atoms with van der Waals surface area (Å²) >= 11 is 0. The highest BCUT2D eigenvalue weighted by Gasteiger charge is 2.53. The van der Waals surface area contributed by atoms with Crippen molar-refractivity contribution in [1.82, 2.24) is 9.80 Å². The number of phosphoric acid groups is 1. The van der Waals surface area contributed by atoms with E-state index in [1.54, 1.807) is 60.0 Å². The molecule has 0 bridgehead atoms. The molecule has 1 N–H and O–H groups in total. The molecule has 4 heterocycles. The molecule has 13 nitrogen and oxygen atoms in total. The van der Waals surface area contributed by atoms with Crippen molar-refractivity contribution in [3.63, 3.8) is 0 Å². The summed E-state index contributed by atoms with van der Waals surface area (Å²) in [6, 6.07) is 10.8. The standard InChI is InChI=1S/C34H39N4O9P/c1-33(2)31(29(37-14-6-8-27(37)39)24-19-22(36-5)11-13-26(24)45-33)43-16-17-44-48(41,42)47-32-30(38-15-7-9-28(38)40)23-18-21(20-35)10-12-25(23)46-34(32,3)4/h10-13,18-19,29-32H,6-9,14-17H2,1-4H3,(H,41,42)/t29-,30-,31+,32+/m1/s1. The van der Waals surface area contributed by atoms with Gasteiger partial charge in [-0.1, -0.05) is 6.07 Å². The van der Waals surface area contributed by atoms with Crippen molar-refractivity contribution in [3.05, 3.63) is 64.5 Å². The zero-order valence-electron chi connectivity index (χ0n) is 27.4. The van der Waals surface area contributed by atoms with Gasteiger partial charge in [0.25, 0.3) is 0 Å². The van der Waals surface area contributed by atoms with Gasteiger partial charge in [-0.25, -0.2) is 9.41 Å². The summed E-state index contributed by atoms with van der Waals surface area (Å²) in [6.45, 7) is 15.1. The minimum Gasteiger partial charge on any atom is -0.485 e. The van der Waals surface area contributed by atoms with E-state index in [1.807, 2.05) is 13.8 Å². The van der Waals surface area contributed by atoms with E-state index in [0.29, 0.717) is 72.6 Å². The minimum atomic E-state index is -4.77. The number of nitrogens with zero attached hydrogens (tertiary/aromatic N) is 4. The Bertz CT molecular complexity index is 1750. The number of likely N-dealkylation sites (tertiary alicyclic amines) is 2. The molecule has 0 aliphatic carbocycles. The molecule has 2 amide bonds. The number of ether oxygens (including phenoxy) is 3. The van der Waals surface area contributed by atoms with Crippen LogP contribution in [0.1, 0.15) is 82.2 Å². The van der Waals surface area contributed by atoms with Gasteiger partial charge in [0, 0.05) is 37.1 Å². The third-order valence-electron chi connectivity index (χ3n) is 9.36. The summed E-state index contributed by atoms with van der Waals surface area (Å²) in [5.74, 6) is 0.865. The summed E-state index contributed by atoms with van der Waals surface area (Å²) in [6.07, 6.45) is 0.236. The lowest BCUT2D eigenvalue weighted by atomic mass is 9.85. The normalized spacial score (nSPS) is 26.8. The molecule has 2 aromatic rings. The number of nitriles is 1. The van der Waals surface area contributed by atoms with Crippen LogP contribution in [0.25, 0.3) is 4.85 Å². The molecule has 2 saturated heterocycles. The second kappa shape index (κ2) is 12.8. The number of carbonyl (C=O) groups excluding carboxylic acids is 2. The topological polar surface area (TPSA) is 152 Å². The van der Waals surface area contributed by atoms with Crippen LogP contribution in [-0.2, 0) is 27.9 Å². The van der Waals surface area contributed by atoms with Gasteiger partial charge in [-0.3, -0.25) is 18.6 Å². The Balaban J connectivity index is 1.20. The largest absolute Gasteiger partial charge is 0.485 e. The molecule has 0 radical (unpaired) electrons. The molecule has 4 aliphatic rings. The molecule has 2 fully saturated rings. The first-order valence-electron chi connectivity index (χ1n) is 16.0. The molecule has 0 spiro atoms.